The van der Waals surface area contributed by atoms with Crippen LogP contribution >= 0.6 is 11.6 Å². The third-order valence-corrected chi connectivity index (χ3v) is 10.3. The summed E-state index contributed by atoms with van der Waals surface area (Å²) < 4.78 is 85.5. The van der Waals surface area contributed by atoms with Gasteiger partial charge in [0.05, 0.1) is 67.3 Å². The Balaban J connectivity index is 0.000000444. The van der Waals surface area contributed by atoms with Gasteiger partial charge in [0.1, 0.15) is 17.7 Å². The summed E-state index contributed by atoms with van der Waals surface area (Å²) in [5.74, 6) is -1.22. The second-order valence-electron chi connectivity index (χ2n) is 13.3. The smallest absolute Gasteiger partial charge is 0.416 e. The predicted molar refractivity (Wildman–Crippen MR) is 183 cm³/mol. The van der Waals surface area contributed by atoms with Crippen LogP contribution in [0.2, 0.25) is 0 Å². The van der Waals surface area contributed by atoms with Gasteiger partial charge >= 0.3 is 12.2 Å². The van der Waals surface area contributed by atoms with Crippen LogP contribution in [0.5, 0.6) is 6.01 Å². The average Bonchev–Trinajstić information content (AvgIpc) is 3.62. The van der Waals surface area contributed by atoms with Crippen molar-refractivity contribution < 1.29 is 41.0 Å². The first-order valence-corrected chi connectivity index (χ1v) is 17.6. The molecule has 7 rings (SSSR count). The summed E-state index contributed by atoms with van der Waals surface area (Å²) in [5, 5.41) is 0.0198. The molecule has 6 heterocycles. The number of methoxy groups -OCH3 is 1. The van der Waals surface area contributed by atoms with E-state index in [4.69, 9.17) is 37.3 Å². The number of alkyl halides is 4. The molecule has 4 N–H and O–H groups in total. The quantitative estimate of drug-likeness (QED) is 0.260. The number of anilines is 2. The van der Waals surface area contributed by atoms with Crippen LogP contribution in [0.1, 0.15) is 54.2 Å². The molecule has 12 nitrogen and oxygen atoms in total. The molecule has 0 bridgehead atoms. The molecule has 1 aromatic heterocycles. The van der Waals surface area contributed by atoms with Crippen LogP contribution in [0.15, 0.2) is 27.9 Å². The van der Waals surface area contributed by atoms with Crippen LogP contribution < -0.4 is 21.1 Å². The van der Waals surface area contributed by atoms with E-state index in [1.807, 2.05) is 4.90 Å². The number of halogens is 6. The Hall–Kier alpha value is -3.80. The van der Waals surface area contributed by atoms with Crippen molar-refractivity contribution in [3.63, 3.8) is 0 Å². The highest BCUT2D eigenvalue weighted by molar-refractivity contribution is 6.45. The van der Waals surface area contributed by atoms with Gasteiger partial charge in [-0.05, 0) is 44.4 Å². The summed E-state index contributed by atoms with van der Waals surface area (Å²) in [6, 6.07) is 2.19. The van der Waals surface area contributed by atoms with E-state index >= 15 is 4.39 Å². The molecule has 1 amide bonds. The average molecular weight is 757 g/mol. The maximum Gasteiger partial charge on any atom is 0.416 e. The van der Waals surface area contributed by atoms with Gasteiger partial charge < -0.3 is 35.5 Å². The first kappa shape index (κ1) is 37.9. The summed E-state index contributed by atoms with van der Waals surface area (Å²) in [5.41, 5.74) is 10.6. The maximum atomic E-state index is 15.0. The van der Waals surface area contributed by atoms with Crippen LogP contribution in [0.4, 0.5) is 33.5 Å². The van der Waals surface area contributed by atoms with Gasteiger partial charge in [0.25, 0.3) is 5.91 Å². The lowest BCUT2D eigenvalue weighted by molar-refractivity contribution is -0.140. The van der Waals surface area contributed by atoms with Crippen LogP contribution in [-0.2, 0) is 33.5 Å². The minimum atomic E-state index is -4.83. The van der Waals surface area contributed by atoms with E-state index in [0.29, 0.717) is 81.2 Å². The zero-order chi connectivity index (χ0) is 37.2. The van der Waals surface area contributed by atoms with Crippen molar-refractivity contribution in [3.8, 4) is 6.01 Å². The van der Waals surface area contributed by atoms with Crippen LogP contribution in [0, 0.1) is 5.82 Å². The van der Waals surface area contributed by atoms with E-state index in [9.17, 15) is 22.4 Å². The number of aliphatic imine (C=N–C) groups is 1. The lowest BCUT2D eigenvalue weighted by Crippen LogP contribution is -2.43. The van der Waals surface area contributed by atoms with Crippen molar-refractivity contribution in [2.45, 2.75) is 63.2 Å². The Kier molecular flexibility index (Phi) is 11.7. The predicted octanol–water partition coefficient (Wildman–Crippen LogP) is 4.15. The van der Waals surface area contributed by atoms with E-state index in [0.717, 1.165) is 25.1 Å². The summed E-state index contributed by atoms with van der Waals surface area (Å²) >= 11 is 6.62. The second-order valence-corrected chi connectivity index (χ2v) is 13.6. The molecule has 3 saturated heterocycles. The highest BCUT2D eigenvalue weighted by Gasteiger charge is 2.40. The first-order valence-electron chi connectivity index (χ1n) is 17.2. The molecule has 1 aromatic carbocycles. The molecule has 0 spiro atoms. The number of carbonyl (C=O) groups excluding carboxylic acids is 1. The van der Waals surface area contributed by atoms with Gasteiger partial charge in [-0.25, -0.2) is 8.78 Å². The molecule has 18 heteroatoms. The van der Waals surface area contributed by atoms with Crippen LogP contribution in [0.25, 0.3) is 0 Å². The lowest BCUT2D eigenvalue weighted by Gasteiger charge is -2.32. The van der Waals surface area contributed by atoms with Crippen molar-refractivity contribution >= 4 is 34.7 Å². The van der Waals surface area contributed by atoms with Crippen molar-refractivity contribution in [1.82, 2.24) is 19.8 Å². The fourth-order valence-electron chi connectivity index (χ4n) is 7.26. The molecule has 284 valence electrons. The first-order chi connectivity index (χ1) is 24.8. The number of hydrogen-bond acceptors (Lipinski definition) is 11. The number of benzene rings is 1. The van der Waals surface area contributed by atoms with E-state index in [1.165, 1.54) is 20.0 Å². The van der Waals surface area contributed by atoms with Gasteiger partial charge in [-0.1, -0.05) is 11.6 Å². The number of rotatable bonds is 5. The number of morpholine rings is 1. The number of fused-ring (bicyclic) bond motifs is 2. The summed E-state index contributed by atoms with van der Waals surface area (Å²) in [6.07, 6.45) is -2.93. The maximum absolute atomic E-state index is 15.0. The minimum Gasteiger partial charge on any atom is -0.467 e. The Morgan fingerprint density at radius 3 is 2.60 bits per heavy atom. The molecule has 2 aromatic rings. The number of nitrogen functional groups attached to an aromatic ring is 1. The summed E-state index contributed by atoms with van der Waals surface area (Å²) in [7, 11) is 1.36. The Morgan fingerprint density at radius 2 is 1.88 bits per heavy atom. The Bertz CT molecular complexity index is 1690. The summed E-state index contributed by atoms with van der Waals surface area (Å²) in [4.78, 5) is 32.1. The molecule has 0 saturated carbocycles. The highest BCUT2D eigenvalue weighted by Crippen LogP contribution is 2.43. The third-order valence-electron chi connectivity index (χ3n) is 9.88. The van der Waals surface area contributed by atoms with E-state index in [2.05, 4.69) is 19.9 Å². The molecule has 5 aliphatic heterocycles. The van der Waals surface area contributed by atoms with Gasteiger partial charge in [-0.2, -0.15) is 23.1 Å². The number of amides is 1. The Labute approximate surface area is 302 Å². The summed E-state index contributed by atoms with van der Waals surface area (Å²) in [6.45, 7) is 4.21. The van der Waals surface area contributed by atoms with Gasteiger partial charge in [0.15, 0.2) is 5.82 Å². The van der Waals surface area contributed by atoms with Gasteiger partial charge in [-0.15, -0.1) is 0 Å². The highest BCUT2D eigenvalue weighted by atomic mass is 35.5. The van der Waals surface area contributed by atoms with Gasteiger partial charge in [0.2, 0.25) is 0 Å². The molecular weight excluding hydrogens is 715 g/mol. The molecule has 3 unspecified atom stereocenters. The topological polar surface area (TPSA) is 145 Å². The monoisotopic (exact) mass is 756 g/mol. The molecule has 0 aliphatic carbocycles. The van der Waals surface area contributed by atoms with E-state index < -0.39 is 47.0 Å². The fourth-order valence-corrected chi connectivity index (χ4v) is 7.46. The molecule has 3 fully saturated rings. The minimum absolute atomic E-state index is 0.0198. The van der Waals surface area contributed by atoms with Crippen molar-refractivity contribution in [1.29, 1.82) is 0 Å². The number of aromatic nitrogens is 2. The van der Waals surface area contributed by atoms with Crippen molar-refractivity contribution in [3.05, 3.63) is 51.1 Å². The number of ether oxygens (including phenoxy) is 3. The molecule has 3 atom stereocenters. The fraction of sp³-hybridized carbons (Fsp3) is 0.588. The lowest BCUT2D eigenvalue weighted by atomic mass is 9.94. The van der Waals surface area contributed by atoms with Gasteiger partial charge in [-0.3, -0.25) is 14.7 Å². The van der Waals surface area contributed by atoms with Crippen LogP contribution in [0.3, 0.4) is 0 Å². The zero-order valence-electron chi connectivity index (χ0n) is 28.7. The Morgan fingerprint density at radius 1 is 1.12 bits per heavy atom. The normalized spacial score (nSPS) is 24.2. The standard InChI is InChI=1S/C27H30ClF4N7O4.C7H12FN/c1-41-26-36-17-11-19(20-15(27(30,31)32)3-4-16(33)22(20)29)43-13-14(17)24(37-26)39-6-2-5-35-18(12-39)21(28)23(34)25(40)38-7-9-42-10-8-38;8-6-4-7-2-1-3-9(7)5-6/h3-4,19H,2,5-13,33-34H2,1H3;6-7H,1-5H2/b23-21+;. The largest absolute Gasteiger partial charge is 0.467 e. The number of nitrogens with zero attached hydrogens (tertiary/aromatic N) is 6. The molecule has 0 radical (unpaired) electrons. The van der Waals surface area contributed by atoms with E-state index in [-0.39, 0.29) is 36.3 Å². The number of hydrogen-bond donors (Lipinski definition) is 2. The van der Waals surface area contributed by atoms with Crippen molar-refractivity contribution in [2.24, 2.45) is 10.7 Å². The zero-order valence-corrected chi connectivity index (χ0v) is 29.5. The SMILES string of the molecule is COc1nc2c(c(N3CCCN=C(/C(Cl)=C(\N)C(=O)N4CCOCC4)C3)n1)COC(c1c(C(F)(F)F)ccc(N)c1F)C2.FC1CC2CCCN2C1. The second kappa shape index (κ2) is 16.1. The van der Waals surface area contributed by atoms with E-state index in [1.54, 1.807) is 4.90 Å². The number of carbonyl (C=O) groups is 1. The molecule has 5 aliphatic rings. The number of nitrogens with two attached hydrogens (primary N) is 2. The third kappa shape index (κ3) is 8.21. The van der Waals surface area contributed by atoms with Crippen LogP contribution in [-0.4, -0.2) is 110 Å². The molecular formula is C34H42ClF5N8O4. The van der Waals surface area contributed by atoms with Crippen molar-refractivity contribution in [2.75, 3.05) is 76.8 Å². The van der Waals surface area contributed by atoms with Gasteiger partial charge in [0, 0.05) is 56.3 Å². The molecule has 52 heavy (non-hydrogen) atoms.